The van der Waals surface area contributed by atoms with Gasteiger partial charge in [0, 0.05) is 34.5 Å². The van der Waals surface area contributed by atoms with E-state index >= 15 is 0 Å². The largest absolute Gasteiger partial charge is 0.493 e. The number of rotatable bonds is 10. The van der Waals surface area contributed by atoms with E-state index in [1.165, 1.54) is 51.4 Å². The molecule has 0 spiro atoms. The molecule has 1 aliphatic heterocycles. The van der Waals surface area contributed by atoms with Gasteiger partial charge in [-0.1, -0.05) is 13.0 Å². The molecule has 1 aromatic heterocycles. The third-order valence-corrected chi connectivity index (χ3v) is 9.30. The monoisotopic (exact) mass is 611 g/mol. The van der Waals surface area contributed by atoms with Crippen molar-refractivity contribution >= 4 is 57.5 Å². The summed E-state index contributed by atoms with van der Waals surface area (Å²) in [4.78, 5) is 54.3. The fourth-order valence-electron chi connectivity index (χ4n) is 4.59. The maximum absolute atomic E-state index is 13.4. The number of nitrogens with zero attached hydrogens (tertiary/aromatic N) is 1. The van der Waals surface area contributed by atoms with Crippen LogP contribution >= 0.6 is 23.1 Å². The van der Waals surface area contributed by atoms with Gasteiger partial charge in [-0.25, -0.2) is 4.79 Å². The van der Waals surface area contributed by atoms with Gasteiger partial charge in [-0.2, -0.15) is 0 Å². The van der Waals surface area contributed by atoms with E-state index in [1.807, 2.05) is 13.0 Å². The normalized spacial score (nSPS) is 13.0. The molecule has 0 saturated heterocycles. The van der Waals surface area contributed by atoms with Crippen molar-refractivity contribution in [2.45, 2.75) is 43.4 Å². The van der Waals surface area contributed by atoms with Crippen molar-refractivity contribution in [3.05, 3.63) is 64.0 Å². The number of carbonyl (C=O) groups excluding carboxylic acids is 4. The Kier molecular flexibility index (Phi) is 10.1. The highest BCUT2D eigenvalue weighted by Crippen LogP contribution is 2.38. The van der Waals surface area contributed by atoms with Gasteiger partial charge in [-0.3, -0.25) is 14.4 Å². The second-order valence-corrected chi connectivity index (χ2v) is 11.8. The number of fused-ring (bicyclic) bond motifs is 1. The molecule has 10 nitrogen and oxygen atoms in total. The molecule has 1 unspecified atom stereocenters. The minimum absolute atomic E-state index is 0.0381. The molecule has 0 radical (unpaired) electrons. The predicted octanol–water partition coefficient (Wildman–Crippen LogP) is 5.22. The van der Waals surface area contributed by atoms with Crippen LogP contribution < -0.4 is 20.1 Å². The summed E-state index contributed by atoms with van der Waals surface area (Å²) in [6.07, 6.45) is 1.04. The van der Waals surface area contributed by atoms with Gasteiger partial charge in [-0.15, -0.1) is 23.1 Å². The van der Waals surface area contributed by atoms with E-state index in [4.69, 9.17) is 14.2 Å². The lowest BCUT2D eigenvalue weighted by atomic mass is 10.0. The Balaban J connectivity index is 1.48. The summed E-state index contributed by atoms with van der Waals surface area (Å²) in [7, 11) is 4.34. The highest BCUT2D eigenvalue weighted by molar-refractivity contribution is 8.00. The van der Waals surface area contributed by atoms with Crippen molar-refractivity contribution < 1.29 is 33.4 Å². The molecular weight excluding hydrogens is 578 g/mol. The van der Waals surface area contributed by atoms with E-state index in [0.29, 0.717) is 59.2 Å². The molecular formula is C30H33N3O7S2. The number of amides is 3. The van der Waals surface area contributed by atoms with Crippen LogP contribution in [0.3, 0.4) is 0 Å². The Morgan fingerprint density at radius 2 is 1.79 bits per heavy atom. The van der Waals surface area contributed by atoms with Crippen LogP contribution in [0.5, 0.6) is 11.5 Å². The lowest BCUT2D eigenvalue weighted by Crippen LogP contribution is -2.34. The Morgan fingerprint density at radius 1 is 1.02 bits per heavy atom. The topological polar surface area (TPSA) is 123 Å². The van der Waals surface area contributed by atoms with Crippen molar-refractivity contribution in [2.75, 3.05) is 38.5 Å². The van der Waals surface area contributed by atoms with E-state index < -0.39 is 11.2 Å². The quantitative estimate of drug-likeness (QED) is 0.236. The molecule has 0 aliphatic carbocycles. The number of thioether (sulfide) groups is 1. The number of nitrogens with one attached hydrogen (secondary N) is 2. The van der Waals surface area contributed by atoms with E-state index in [-0.39, 0.29) is 17.7 Å². The summed E-state index contributed by atoms with van der Waals surface area (Å²) in [5, 5.41) is 5.79. The molecule has 1 atom stereocenters. The smallest absolute Gasteiger partial charge is 0.341 e. The van der Waals surface area contributed by atoms with Gasteiger partial charge in [0.15, 0.2) is 11.5 Å². The molecule has 2 aromatic carbocycles. The van der Waals surface area contributed by atoms with Crippen molar-refractivity contribution in [3.63, 3.8) is 0 Å². The number of anilines is 2. The zero-order valence-corrected chi connectivity index (χ0v) is 25.7. The van der Waals surface area contributed by atoms with E-state index in [2.05, 4.69) is 10.6 Å². The van der Waals surface area contributed by atoms with Gasteiger partial charge < -0.3 is 29.7 Å². The van der Waals surface area contributed by atoms with E-state index in [1.54, 1.807) is 41.3 Å². The molecule has 2 heterocycles. The van der Waals surface area contributed by atoms with Crippen molar-refractivity contribution in [2.24, 2.45) is 0 Å². The van der Waals surface area contributed by atoms with Crippen molar-refractivity contribution in [1.82, 2.24) is 4.90 Å². The first-order chi connectivity index (χ1) is 20.2. The first-order valence-electron chi connectivity index (χ1n) is 13.3. The van der Waals surface area contributed by atoms with Gasteiger partial charge in [-0.05, 0) is 54.8 Å². The average Bonchev–Trinajstić information content (AvgIpc) is 3.35. The summed E-state index contributed by atoms with van der Waals surface area (Å²) in [6, 6.07) is 12.2. The molecule has 12 heteroatoms. The summed E-state index contributed by atoms with van der Waals surface area (Å²) in [5.41, 5.74) is 2.15. The van der Waals surface area contributed by atoms with Gasteiger partial charge in [0.1, 0.15) is 5.00 Å². The van der Waals surface area contributed by atoms with Crippen LogP contribution in [0.25, 0.3) is 0 Å². The van der Waals surface area contributed by atoms with E-state index in [9.17, 15) is 19.2 Å². The SMILES string of the molecule is CCC(Sc1cccc(NC(=O)c2ccc(OC)c(OC)c2)c1)C(=O)Nc1sc2c(c1C(=O)OC)CCN(C(C)=O)C2. The lowest BCUT2D eigenvalue weighted by molar-refractivity contribution is -0.129. The zero-order chi connectivity index (χ0) is 30.4. The zero-order valence-electron chi connectivity index (χ0n) is 24.1. The molecule has 3 aromatic rings. The molecule has 0 bridgehead atoms. The van der Waals surface area contributed by atoms with Crippen LogP contribution in [0.1, 0.15) is 51.4 Å². The predicted molar refractivity (Wildman–Crippen MR) is 163 cm³/mol. The standard InChI is InChI=1S/C30H33N3O7S2/c1-6-24(28(36)32-29-26(30(37)40-5)21-12-13-33(17(2)34)16-25(21)42-29)41-20-9-7-8-19(15-20)31-27(35)18-10-11-22(38-3)23(14-18)39-4/h7-11,14-15,24H,6,12-13,16H2,1-5H3,(H,31,35)(H,32,36). The molecule has 4 rings (SSSR count). The fourth-order valence-corrected chi connectivity index (χ4v) is 6.85. The summed E-state index contributed by atoms with van der Waals surface area (Å²) in [6.45, 7) is 4.32. The Hall–Kier alpha value is -4.03. The molecule has 222 valence electrons. The summed E-state index contributed by atoms with van der Waals surface area (Å²) < 4.78 is 15.6. The van der Waals surface area contributed by atoms with Gasteiger partial charge >= 0.3 is 5.97 Å². The number of ether oxygens (including phenoxy) is 3. The van der Waals surface area contributed by atoms with Crippen LogP contribution in [0.4, 0.5) is 10.7 Å². The highest BCUT2D eigenvalue weighted by Gasteiger charge is 2.31. The molecule has 0 fully saturated rings. The number of benzene rings is 2. The number of thiophene rings is 1. The maximum Gasteiger partial charge on any atom is 0.341 e. The minimum atomic E-state index is -0.516. The van der Waals surface area contributed by atoms with Gasteiger partial charge in [0.25, 0.3) is 5.91 Å². The molecule has 2 N–H and O–H groups in total. The molecule has 3 amide bonds. The summed E-state index contributed by atoms with van der Waals surface area (Å²) >= 11 is 2.66. The summed E-state index contributed by atoms with van der Waals surface area (Å²) in [5.74, 6) is -0.153. The number of esters is 1. The Labute approximate surface area is 252 Å². The molecule has 1 aliphatic rings. The van der Waals surface area contributed by atoms with Crippen LogP contribution in [0, 0.1) is 0 Å². The van der Waals surface area contributed by atoms with Gasteiger partial charge in [0.05, 0.1) is 38.7 Å². The number of methoxy groups -OCH3 is 3. The average molecular weight is 612 g/mol. The third kappa shape index (κ3) is 6.88. The molecule has 0 saturated carbocycles. The Bertz CT molecular complexity index is 1500. The number of hydrogen-bond donors (Lipinski definition) is 2. The van der Waals surface area contributed by atoms with Crippen LogP contribution in [0.15, 0.2) is 47.4 Å². The van der Waals surface area contributed by atoms with Crippen LogP contribution in [-0.2, 0) is 27.3 Å². The number of hydrogen-bond acceptors (Lipinski definition) is 9. The first kappa shape index (κ1) is 30.9. The van der Waals surface area contributed by atoms with Crippen molar-refractivity contribution in [1.29, 1.82) is 0 Å². The fraction of sp³-hybridized carbons (Fsp3) is 0.333. The maximum atomic E-state index is 13.4. The highest BCUT2D eigenvalue weighted by atomic mass is 32.2. The Morgan fingerprint density at radius 3 is 2.45 bits per heavy atom. The number of carbonyl (C=O) groups is 4. The third-order valence-electron chi connectivity index (χ3n) is 6.81. The van der Waals surface area contributed by atoms with E-state index in [0.717, 1.165) is 15.3 Å². The molecule has 42 heavy (non-hydrogen) atoms. The van der Waals surface area contributed by atoms with Crippen molar-refractivity contribution in [3.8, 4) is 11.5 Å². The van der Waals surface area contributed by atoms with Gasteiger partial charge in [0.2, 0.25) is 11.8 Å². The van der Waals surface area contributed by atoms with Crippen LogP contribution in [-0.4, -0.2) is 61.7 Å². The second-order valence-electron chi connectivity index (χ2n) is 9.45. The second kappa shape index (κ2) is 13.8. The van der Waals surface area contributed by atoms with Crippen LogP contribution in [0.2, 0.25) is 0 Å². The first-order valence-corrected chi connectivity index (χ1v) is 15.0. The minimum Gasteiger partial charge on any atom is -0.493 e. The lowest BCUT2D eigenvalue weighted by Gasteiger charge is -2.25.